The number of nitrogens with one attached hydrogen (secondary N) is 1. The first kappa shape index (κ1) is 14.9. The lowest BCUT2D eigenvalue weighted by atomic mass is 10.2. The molecule has 0 radical (unpaired) electrons. The molecule has 110 valence electrons. The van der Waals surface area contributed by atoms with E-state index in [0.717, 1.165) is 12.1 Å². The molecule has 0 saturated heterocycles. The average Bonchev–Trinajstić information content (AvgIpc) is 2.82. The molecule has 1 N–H and O–H groups in total. The summed E-state index contributed by atoms with van der Waals surface area (Å²) in [6, 6.07) is 7.86. The van der Waals surface area contributed by atoms with Crippen molar-refractivity contribution in [3.63, 3.8) is 0 Å². The molecule has 0 spiro atoms. The van der Waals surface area contributed by atoms with Gasteiger partial charge >= 0.3 is 6.18 Å². The van der Waals surface area contributed by atoms with Crippen LogP contribution in [-0.2, 0) is 11.0 Å². The van der Waals surface area contributed by atoms with E-state index in [4.69, 9.17) is 4.42 Å². The Bertz CT molecular complexity index is 672. The third-order valence-corrected chi connectivity index (χ3v) is 2.62. The van der Waals surface area contributed by atoms with Crippen LogP contribution in [0.25, 0.3) is 6.08 Å². The second kappa shape index (κ2) is 5.87. The molecule has 6 heteroatoms. The number of rotatable bonds is 3. The van der Waals surface area contributed by atoms with E-state index in [1.165, 1.54) is 24.3 Å². The second-order valence-electron chi connectivity index (χ2n) is 4.35. The van der Waals surface area contributed by atoms with Crippen molar-refractivity contribution >= 4 is 17.7 Å². The number of amides is 1. The van der Waals surface area contributed by atoms with Crippen molar-refractivity contribution in [3.05, 3.63) is 59.6 Å². The Hall–Kier alpha value is -2.50. The van der Waals surface area contributed by atoms with Crippen molar-refractivity contribution in [2.45, 2.75) is 13.1 Å². The first-order valence-corrected chi connectivity index (χ1v) is 6.07. The number of alkyl halides is 3. The SMILES string of the molecule is Cc1ccc(C=CC(=O)Nc2cccc(C(F)(F)F)c2)o1. The molecule has 3 nitrogen and oxygen atoms in total. The topological polar surface area (TPSA) is 42.2 Å². The molecule has 0 atom stereocenters. The quantitative estimate of drug-likeness (QED) is 0.860. The first-order valence-electron chi connectivity index (χ1n) is 6.07. The zero-order chi connectivity index (χ0) is 15.5. The summed E-state index contributed by atoms with van der Waals surface area (Å²) in [7, 11) is 0. The Balaban J connectivity index is 2.04. The number of carbonyl (C=O) groups is 1. The van der Waals surface area contributed by atoms with Gasteiger partial charge in [-0.25, -0.2) is 0 Å². The van der Waals surface area contributed by atoms with Crippen LogP contribution in [0.1, 0.15) is 17.1 Å². The summed E-state index contributed by atoms with van der Waals surface area (Å²) in [5, 5.41) is 2.36. The van der Waals surface area contributed by atoms with Crippen LogP contribution in [0.15, 0.2) is 46.9 Å². The Morgan fingerprint density at radius 2 is 2.00 bits per heavy atom. The second-order valence-corrected chi connectivity index (χ2v) is 4.35. The van der Waals surface area contributed by atoms with Crippen LogP contribution in [0.3, 0.4) is 0 Å². The molecule has 0 bridgehead atoms. The molecule has 0 fully saturated rings. The zero-order valence-electron chi connectivity index (χ0n) is 11.1. The maximum atomic E-state index is 12.5. The van der Waals surface area contributed by atoms with Crippen molar-refractivity contribution in [2.24, 2.45) is 0 Å². The summed E-state index contributed by atoms with van der Waals surface area (Å²) in [5.74, 6) is 0.656. The monoisotopic (exact) mass is 295 g/mol. The van der Waals surface area contributed by atoms with E-state index in [0.29, 0.717) is 11.5 Å². The minimum atomic E-state index is -4.44. The molecular formula is C15H12F3NO2. The first-order chi connectivity index (χ1) is 9.84. The van der Waals surface area contributed by atoms with E-state index in [-0.39, 0.29) is 5.69 Å². The highest BCUT2D eigenvalue weighted by molar-refractivity contribution is 6.01. The molecule has 0 saturated carbocycles. The van der Waals surface area contributed by atoms with Gasteiger partial charge < -0.3 is 9.73 Å². The number of anilines is 1. The minimum absolute atomic E-state index is 0.0788. The molecule has 2 rings (SSSR count). The van der Waals surface area contributed by atoms with Gasteiger partial charge in [0.05, 0.1) is 5.56 Å². The Morgan fingerprint density at radius 3 is 2.62 bits per heavy atom. The lowest BCUT2D eigenvalue weighted by Crippen LogP contribution is -2.10. The molecule has 2 aromatic rings. The van der Waals surface area contributed by atoms with E-state index < -0.39 is 17.6 Å². The van der Waals surface area contributed by atoms with Gasteiger partial charge in [0.1, 0.15) is 11.5 Å². The van der Waals surface area contributed by atoms with Crippen LogP contribution in [-0.4, -0.2) is 5.91 Å². The van der Waals surface area contributed by atoms with Crippen molar-refractivity contribution < 1.29 is 22.4 Å². The molecule has 0 aliphatic heterocycles. The van der Waals surface area contributed by atoms with Crippen molar-refractivity contribution in [3.8, 4) is 0 Å². The van der Waals surface area contributed by atoms with Gasteiger partial charge in [0, 0.05) is 11.8 Å². The highest BCUT2D eigenvalue weighted by atomic mass is 19.4. The van der Waals surface area contributed by atoms with Crippen LogP contribution in [0.4, 0.5) is 18.9 Å². The average molecular weight is 295 g/mol. The summed E-state index contributed by atoms with van der Waals surface area (Å²) in [6.45, 7) is 1.76. The Kier molecular flexibility index (Phi) is 4.16. The molecule has 0 aliphatic carbocycles. The standard InChI is InChI=1S/C15H12F3NO2/c1-10-5-6-13(21-10)7-8-14(20)19-12-4-2-3-11(9-12)15(16,17)18/h2-9H,1H3,(H,19,20). The smallest absolute Gasteiger partial charge is 0.416 e. The van der Waals surface area contributed by atoms with Gasteiger partial charge in [-0.3, -0.25) is 4.79 Å². The molecule has 1 aromatic heterocycles. The fourth-order valence-corrected chi connectivity index (χ4v) is 1.66. The summed E-state index contributed by atoms with van der Waals surface area (Å²) in [4.78, 5) is 11.6. The number of benzene rings is 1. The largest absolute Gasteiger partial charge is 0.462 e. The number of hydrogen-bond acceptors (Lipinski definition) is 2. The molecule has 21 heavy (non-hydrogen) atoms. The molecule has 1 heterocycles. The number of halogens is 3. The Labute approximate surface area is 119 Å². The third kappa shape index (κ3) is 4.24. The molecule has 1 amide bonds. The van der Waals surface area contributed by atoms with Gasteiger partial charge in [-0.2, -0.15) is 13.2 Å². The minimum Gasteiger partial charge on any atom is -0.462 e. The van der Waals surface area contributed by atoms with Crippen LogP contribution >= 0.6 is 0 Å². The molecule has 0 unspecified atom stereocenters. The van der Waals surface area contributed by atoms with Crippen LogP contribution in [0, 0.1) is 6.92 Å². The van der Waals surface area contributed by atoms with Gasteiger partial charge in [0.2, 0.25) is 5.91 Å². The maximum absolute atomic E-state index is 12.5. The van der Waals surface area contributed by atoms with Crippen molar-refractivity contribution in [1.82, 2.24) is 0 Å². The normalized spacial score (nSPS) is 11.8. The van der Waals surface area contributed by atoms with Crippen molar-refractivity contribution in [1.29, 1.82) is 0 Å². The number of aryl methyl sites for hydroxylation is 1. The summed E-state index contributed by atoms with van der Waals surface area (Å²) < 4.78 is 42.8. The van der Waals surface area contributed by atoms with E-state index in [2.05, 4.69) is 5.32 Å². The van der Waals surface area contributed by atoms with Gasteiger partial charge in [-0.1, -0.05) is 6.07 Å². The van der Waals surface area contributed by atoms with Gasteiger partial charge in [0.15, 0.2) is 0 Å². The molecule has 1 aromatic carbocycles. The highest BCUT2D eigenvalue weighted by Crippen LogP contribution is 2.30. The van der Waals surface area contributed by atoms with Crippen LogP contribution in [0.5, 0.6) is 0 Å². The van der Waals surface area contributed by atoms with Gasteiger partial charge in [0.25, 0.3) is 0 Å². The highest BCUT2D eigenvalue weighted by Gasteiger charge is 2.30. The summed E-state index contributed by atoms with van der Waals surface area (Å²) in [6.07, 6.45) is -1.81. The zero-order valence-corrected chi connectivity index (χ0v) is 11.1. The van der Waals surface area contributed by atoms with E-state index in [1.807, 2.05) is 0 Å². The fraction of sp³-hybridized carbons (Fsp3) is 0.133. The van der Waals surface area contributed by atoms with Gasteiger partial charge in [-0.05, 0) is 43.3 Å². The summed E-state index contributed by atoms with van der Waals surface area (Å²) >= 11 is 0. The lowest BCUT2D eigenvalue weighted by molar-refractivity contribution is -0.137. The third-order valence-electron chi connectivity index (χ3n) is 2.62. The number of carbonyl (C=O) groups excluding carboxylic acids is 1. The fourth-order valence-electron chi connectivity index (χ4n) is 1.66. The Morgan fingerprint density at radius 1 is 1.24 bits per heavy atom. The summed E-state index contributed by atoms with van der Waals surface area (Å²) in [5.41, 5.74) is -0.735. The van der Waals surface area contributed by atoms with Crippen molar-refractivity contribution in [2.75, 3.05) is 5.32 Å². The van der Waals surface area contributed by atoms with E-state index in [9.17, 15) is 18.0 Å². The maximum Gasteiger partial charge on any atom is 0.416 e. The van der Waals surface area contributed by atoms with Crippen LogP contribution < -0.4 is 5.32 Å². The van der Waals surface area contributed by atoms with Crippen LogP contribution in [0.2, 0.25) is 0 Å². The van der Waals surface area contributed by atoms with Gasteiger partial charge in [-0.15, -0.1) is 0 Å². The van der Waals surface area contributed by atoms with E-state index >= 15 is 0 Å². The lowest BCUT2D eigenvalue weighted by Gasteiger charge is -2.08. The molecular weight excluding hydrogens is 283 g/mol. The predicted molar refractivity (Wildman–Crippen MR) is 72.6 cm³/mol. The predicted octanol–water partition coefficient (Wildman–Crippen LogP) is 4.26. The number of hydrogen-bond donors (Lipinski definition) is 1. The number of furan rings is 1. The van der Waals surface area contributed by atoms with E-state index in [1.54, 1.807) is 19.1 Å². The molecule has 0 aliphatic rings.